The average Bonchev–Trinajstić information content (AvgIpc) is 1.98. The third kappa shape index (κ3) is 17.0. The maximum Gasteiger partial charge on any atom is 0.329 e. The normalized spacial score (nSPS) is 16.5. The summed E-state index contributed by atoms with van der Waals surface area (Å²) in [6.45, 7) is 0. The standard InChI is InChI=1S/C20H25N3O5.C20H21N3O5.C13H12BrN3O3.C7H10O2/c2*1-22-16-12-13(6-4-2-3-5-7-18(25)26)8-9-14(16)23(20(22)28)15-10-11-17(24)21-19(15)27;1-16-10-6-7(14)2-3-8(10)17(13(16)20)9-4-5-11(18)15-12(9)19;1-2-3-4-5-6-7(8)9/h8-9,12,15H,2-7,10-11H2,1H3,(H,25,26)(H,21,24,27);8-9,12,15H,2-3,5,7,10-11H2,1H3,(H,25,26)(H,21,24,27);2-3,6,9H,4-5H2,1H3,(H,15,18,19);1H,3-6H2,(H,8,9). The molecule has 24 nitrogen and oxygen atoms in total. The van der Waals surface area contributed by atoms with Gasteiger partial charge in [0.1, 0.15) is 18.1 Å². The van der Waals surface area contributed by atoms with Gasteiger partial charge in [-0.05, 0) is 118 Å². The number of aryl methyl sites for hydroxylation is 4. The molecule has 6 amide bonds. The third-order valence-electron chi connectivity index (χ3n) is 14.6. The van der Waals surface area contributed by atoms with Crippen molar-refractivity contribution < 1.29 is 58.5 Å². The lowest BCUT2D eigenvalue weighted by molar-refractivity contribution is -0.138. The predicted octanol–water partition coefficient (Wildman–Crippen LogP) is 5.55. The van der Waals surface area contributed by atoms with Crippen LogP contribution < -0.4 is 33.0 Å². The van der Waals surface area contributed by atoms with Gasteiger partial charge in [0, 0.05) is 82.5 Å². The molecule has 3 atom stereocenters. The number of unbranched alkanes of at least 4 members (excludes halogenated alkanes) is 7. The van der Waals surface area contributed by atoms with E-state index in [-0.39, 0.29) is 73.3 Å². The molecule has 3 unspecified atom stereocenters. The predicted molar refractivity (Wildman–Crippen MR) is 316 cm³/mol. The highest BCUT2D eigenvalue weighted by Crippen LogP contribution is 2.28. The van der Waals surface area contributed by atoms with Crippen molar-refractivity contribution in [3.8, 4) is 24.2 Å². The Morgan fingerprint density at radius 1 is 0.506 bits per heavy atom. The average molecular weight is 1240 g/mol. The van der Waals surface area contributed by atoms with Crippen molar-refractivity contribution in [1.82, 2.24) is 43.4 Å². The monoisotopic (exact) mass is 1230 g/mol. The Labute approximate surface area is 495 Å². The van der Waals surface area contributed by atoms with Crippen molar-refractivity contribution >= 4 is 102 Å². The minimum atomic E-state index is -0.806. The molecule has 85 heavy (non-hydrogen) atoms. The van der Waals surface area contributed by atoms with Crippen LogP contribution in [-0.2, 0) is 70.7 Å². The number of benzene rings is 3. The van der Waals surface area contributed by atoms with Gasteiger partial charge in [0.15, 0.2) is 0 Å². The lowest BCUT2D eigenvalue weighted by Gasteiger charge is -2.21. The fourth-order valence-electron chi connectivity index (χ4n) is 10.1. The number of amides is 6. The molecule has 3 aromatic carbocycles. The minimum Gasteiger partial charge on any atom is -0.481 e. The van der Waals surface area contributed by atoms with Crippen LogP contribution >= 0.6 is 15.9 Å². The lowest BCUT2D eigenvalue weighted by atomic mass is 10.0. The topological polar surface area (TPSA) is 331 Å². The lowest BCUT2D eigenvalue weighted by Crippen LogP contribution is -2.44. The zero-order chi connectivity index (χ0) is 62.1. The molecule has 6 N–H and O–H groups in total. The zero-order valence-electron chi connectivity index (χ0n) is 47.4. The van der Waals surface area contributed by atoms with Gasteiger partial charge in [-0.15, -0.1) is 12.3 Å². The van der Waals surface area contributed by atoms with Crippen LogP contribution in [0.4, 0.5) is 0 Å². The quantitative estimate of drug-likeness (QED) is 0.0349. The van der Waals surface area contributed by atoms with E-state index in [0.717, 1.165) is 58.7 Å². The molecule has 6 aromatic rings. The number of nitrogens with zero attached hydrogens (tertiary/aromatic N) is 6. The minimum absolute atomic E-state index is 0.142. The molecule has 0 spiro atoms. The van der Waals surface area contributed by atoms with Gasteiger partial charge in [0.25, 0.3) is 0 Å². The Morgan fingerprint density at radius 2 is 0.894 bits per heavy atom. The first-order valence-electron chi connectivity index (χ1n) is 27.9. The second kappa shape index (κ2) is 30.5. The van der Waals surface area contributed by atoms with E-state index in [1.54, 1.807) is 45.4 Å². The van der Waals surface area contributed by atoms with Crippen LogP contribution in [0.1, 0.15) is 151 Å². The molecule has 9 rings (SSSR count). The number of aliphatic carboxylic acids is 3. The number of carboxylic acid groups (broad SMARTS) is 3. The van der Waals surface area contributed by atoms with Crippen LogP contribution in [0, 0.1) is 24.2 Å². The maximum atomic E-state index is 12.7. The molecule has 3 aliphatic rings. The van der Waals surface area contributed by atoms with Crippen molar-refractivity contribution in [2.75, 3.05) is 0 Å². The van der Waals surface area contributed by atoms with Crippen molar-refractivity contribution in [1.29, 1.82) is 0 Å². The van der Waals surface area contributed by atoms with E-state index >= 15 is 0 Å². The second-order valence-corrected chi connectivity index (χ2v) is 21.6. The molecule has 3 fully saturated rings. The van der Waals surface area contributed by atoms with Crippen LogP contribution in [0.3, 0.4) is 0 Å². The number of carboxylic acids is 3. The van der Waals surface area contributed by atoms with Crippen LogP contribution in [-0.4, -0.2) is 96.1 Å². The number of fused-ring (bicyclic) bond motifs is 3. The summed E-state index contributed by atoms with van der Waals surface area (Å²) < 4.78 is 9.74. The van der Waals surface area contributed by atoms with E-state index < -0.39 is 53.8 Å². The van der Waals surface area contributed by atoms with Gasteiger partial charge in [-0.1, -0.05) is 46.7 Å². The molecule has 3 saturated heterocycles. The Morgan fingerprint density at radius 3 is 1.33 bits per heavy atom. The van der Waals surface area contributed by atoms with E-state index in [9.17, 15) is 57.5 Å². The number of hydrogen-bond donors (Lipinski definition) is 6. The Hall–Kier alpha value is -9.10. The van der Waals surface area contributed by atoms with Crippen molar-refractivity contribution in [3.63, 3.8) is 0 Å². The fourth-order valence-corrected chi connectivity index (χ4v) is 10.5. The van der Waals surface area contributed by atoms with Gasteiger partial charge in [-0.25, -0.2) is 14.4 Å². The Balaban J connectivity index is 0.000000192. The molecule has 25 heteroatoms. The first-order chi connectivity index (χ1) is 40.5. The van der Waals surface area contributed by atoms with Crippen LogP contribution in [0.15, 0.2) is 73.5 Å². The Kier molecular flexibility index (Phi) is 23.3. The summed E-state index contributed by atoms with van der Waals surface area (Å²) in [6, 6.07) is 14.6. The highest BCUT2D eigenvalue weighted by Gasteiger charge is 2.34. The number of imide groups is 3. The van der Waals surface area contributed by atoms with Crippen LogP contribution in [0.5, 0.6) is 0 Å². The summed E-state index contributed by atoms with van der Waals surface area (Å²) in [7, 11) is 4.98. The number of nitrogens with one attached hydrogen (secondary N) is 3. The summed E-state index contributed by atoms with van der Waals surface area (Å²) in [5, 5.41) is 32.3. The molecule has 0 aliphatic carbocycles. The number of carbonyl (C=O) groups excluding carboxylic acids is 6. The number of aromatic nitrogens is 6. The Bertz CT molecular complexity index is 3860. The molecule has 450 valence electrons. The molecular weight excluding hydrogens is 1170 g/mol. The first kappa shape index (κ1) is 65.1. The smallest absolute Gasteiger partial charge is 0.329 e. The number of rotatable bonds is 18. The SMILES string of the molecule is C#CCCCCC(=O)O.Cn1c(=O)n(C2CCC(=O)NC2=O)c2ccc(Br)cc21.Cn1c(=O)n(C2CCC(=O)NC2=O)c2ccc(C#CCCCCC(=O)O)cc21.Cn1c(=O)n(C2CCC(=O)NC2=O)c2ccc(CCCCCCC(=O)O)cc21. The molecule has 6 heterocycles. The molecule has 3 aromatic heterocycles. The first-order valence-corrected chi connectivity index (χ1v) is 28.7. The van der Waals surface area contributed by atoms with E-state index in [2.05, 4.69) is 49.6 Å². The van der Waals surface area contributed by atoms with Gasteiger partial charge >= 0.3 is 35.0 Å². The van der Waals surface area contributed by atoms with E-state index in [1.165, 1.54) is 27.4 Å². The number of carbonyl (C=O) groups is 9. The second-order valence-electron chi connectivity index (χ2n) is 20.7. The number of halogens is 1. The molecule has 0 radical (unpaired) electrons. The largest absolute Gasteiger partial charge is 0.481 e. The maximum absolute atomic E-state index is 12.7. The summed E-state index contributed by atoms with van der Waals surface area (Å²) >= 11 is 3.37. The highest BCUT2D eigenvalue weighted by molar-refractivity contribution is 9.10. The van der Waals surface area contributed by atoms with E-state index in [1.807, 2.05) is 30.3 Å². The molecular formula is C60H68BrN9O15. The van der Waals surface area contributed by atoms with Gasteiger partial charge < -0.3 is 15.3 Å². The summed E-state index contributed by atoms with van der Waals surface area (Å²) in [5.74, 6) is 3.96. The summed E-state index contributed by atoms with van der Waals surface area (Å²) in [4.78, 5) is 139. The summed E-state index contributed by atoms with van der Waals surface area (Å²) in [5.41, 5.74) is 5.16. The number of hydrogen-bond acceptors (Lipinski definition) is 12. The van der Waals surface area contributed by atoms with Crippen molar-refractivity contribution in [3.05, 3.63) is 102 Å². The van der Waals surface area contributed by atoms with E-state index in [4.69, 9.17) is 21.7 Å². The fraction of sp³-hybridized carbons (Fsp3) is 0.433. The molecule has 0 bridgehead atoms. The van der Waals surface area contributed by atoms with Gasteiger partial charge in [-0.3, -0.25) is 86.5 Å². The molecule has 3 aliphatic heterocycles. The zero-order valence-corrected chi connectivity index (χ0v) is 49.0. The molecule has 0 saturated carbocycles. The van der Waals surface area contributed by atoms with Crippen LogP contribution in [0.2, 0.25) is 0 Å². The van der Waals surface area contributed by atoms with Crippen molar-refractivity contribution in [2.24, 2.45) is 21.1 Å². The van der Waals surface area contributed by atoms with Gasteiger partial charge in [-0.2, -0.15) is 0 Å². The highest BCUT2D eigenvalue weighted by atomic mass is 79.9. The van der Waals surface area contributed by atoms with Crippen molar-refractivity contribution in [2.45, 2.75) is 147 Å². The number of terminal acetylenes is 1. The van der Waals surface area contributed by atoms with Gasteiger partial charge in [0.05, 0.1) is 33.1 Å². The summed E-state index contributed by atoms with van der Waals surface area (Å²) in [6.07, 6.45) is 15.6. The number of imidazole rings is 3. The third-order valence-corrected chi connectivity index (χ3v) is 15.1. The van der Waals surface area contributed by atoms with Gasteiger partial charge in [0.2, 0.25) is 35.4 Å². The number of piperidine rings is 3. The van der Waals surface area contributed by atoms with E-state index in [0.29, 0.717) is 79.9 Å². The van der Waals surface area contributed by atoms with Crippen LogP contribution in [0.25, 0.3) is 33.1 Å².